The van der Waals surface area contributed by atoms with E-state index < -0.39 is 11.0 Å². The van der Waals surface area contributed by atoms with Crippen LogP contribution in [0.2, 0.25) is 0 Å². The summed E-state index contributed by atoms with van der Waals surface area (Å²) in [7, 11) is 0. The molecule has 0 radical (unpaired) electrons. The molecule has 32 heavy (non-hydrogen) atoms. The highest BCUT2D eigenvalue weighted by atomic mass is 32.2. The molecule has 0 aromatic heterocycles. The molecule has 8 heteroatoms. The number of amides is 2. The fourth-order valence-corrected chi connectivity index (χ4v) is 4.77. The first-order valence-electron chi connectivity index (χ1n) is 11.0. The number of hydrogen-bond donors (Lipinski definition) is 2. The molecule has 7 nitrogen and oxygen atoms in total. The lowest BCUT2D eigenvalue weighted by Gasteiger charge is -2.21. The fourth-order valence-electron chi connectivity index (χ4n) is 3.89. The van der Waals surface area contributed by atoms with Gasteiger partial charge in [0.25, 0.3) is 11.6 Å². The van der Waals surface area contributed by atoms with Gasteiger partial charge in [0.05, 0.1) is 22.3 Å². The predicted octanol–water partition coefficient (Wildman–Crippen LogP) is 4.87. The van der Waals surface area contributed by atoms with Crippen molar-refractivity contribution in [1.29, 1.82) is 0 Å². The lowest BCUT2D eigenvalue weighted by atomic mass is 9.89. The quantitative estimate of drug-likeness (QED) is 0.319. The molecule has 0 heterocycles. The summed E-state index contributed by atoms with van der Waals surface area (Å²) in [6.45, 7) is 2.51. The molecule has 1 unspecified atom stereocenters. The summed E-state index contributed by atoms with van der Waals surface area (Å²) in [4.78, 5) is 36.5. The van der Waals surface area contributed by atoms with Gasteiger partial charge < -0.3 is 10.6 Å². The van der Waals surface area contributed by atoms with Crippen molar-refractivity contribution in [3.8, 4) is 0 Å². The Hall–Kier alpha value is -2.87. The Labute approximate surface area is 192 Å². The number of nitro benzene ring substituents is 1. The van der Waals surface area contributed by atoms with E-state index in [1.165, 1.54) is 56.0 Å². The van der Waals surface area contributed by atoms with Gasteiger partial charge in [0.15, 0.2) is 0 Å². The molecule has 0 bridgehead atoms. The second-order valence-electron chi connectivity index (χ2n) is 8.14. The number of hydrogen-bond acceptors (Lipinski definition) is 5. The predicted molar refractivity (Wildman–Crippen MR) is 126 cm³/mol. The van der Waals surface area contributed by atoms with Crippen LogP contribution in [0.1, 0.15) is 61.0 Å². The minimum Gasteiger partial charge on any atom is -0.355 e. The van der Waals surface area contributed by atoms with E-state index in [1.807, 2.05) is 12.1 Å². The summed E-state index contributed by atoms with van der Waals surface area (Å²) in [6, 6.07) is 13.0. The molecule has 3 rings (SSSR count). The number of carbonyl (C=O) groups excluding carboxylic acids is 2. The first-order chi connectivity index (χ1) is 15.4. The van der Waals surface area contributed by atoms with Crippen molar-refractivity contribution >= 4 is 29.3 Å². The molecule has 2 amide bonds. The molecule has 1 aliphatic carbocycles. The van der Waals surface area contributed by atoms with Crippen LogP contribution in [0, 0.1) is 16.0 Å². The van der Waals surface area contributed by atoms with E-state index in [9.17, 15) is 19.7 Å². The maximum atomic E-state index is 12.9. The smallest absolute Gasteiger partial charge is 0.269 e. The van der Waals surface area contributed by atoms with Gasteiger partial charge in [0, 0.05) is 23.6 Å². The number of nitrogens with one attached hydrogen (secondary N) is 2. The molecule has 2 N–H and O–H groups in total. The van der Waals surface area contributed by atoms with Crippen molar-refractivity contribution < 1.29 is 14.5 Å². The van der Waals surface area contributed by atoms with E-state index in [1.54, 1.807) is 31.2 Å². The standard InChI is InChI=1S/C24H29N3O4S/c1-17(19-10-7-11-20(14-19)27(30)31)26-24(29)21-12-5-6-13-22(21)32-16-23(28)25-15-18-8-3-2-4-9-18/h5-7,10-14,17-18H,2-4,8-9,15-16H2,1H3,(H,25,28)(H,26,29). The second kappa shape index (κ2) is 11.7. The third kappa shape index (κ3) is 6.82. The van der Waals surface area contributed by atoms with Gasteiger partial charge in [-0.3, -0.25) is 19.7 Å². The Kier molecular flexibility index (Phi) is 8.67. The van der Waals surface area contributed by atoms with Gasteiger partial charge in [-0.15, -0.1) is 11.8 Å². The van der Waals surface area contributed by atoms with E-state index in [-0.39, 0.29) is 23.3 Å². The summed E-state index contributed by atoms with van der Waals surface area (Å²) in [6.07, 6.45) is 6.14. The fraction of sp³-hybridized carbons (Fsp3) is 0.417. The van der Waals surface area contributed by atoms with E-state index >= 15 is 0 Å². The SMILES string of the molecule is CC(NC(=O)c1ccccc1SCC(=O)NCC1CCCCC1)c1cccc([N+](=O)[O-])c1. The van der Waals surface area contributed by atoms with Gasteiger partial charge in [-0.25, -0.2) is 0 Å². The molecule has 2 aromatic carbocycles. The van der Waals surface area contributed by atoms with E-state index in [0.717, 1.165) is 11.4 Å². The van der Waals surface area contributed by atoms with Crippen LogP contribution in [0.5, 0.6) is 0 Å². The zero-order valence-electron chi connectivity index (χ0n) is 18.2. The first kappa shape index (κ1) is 23.8. The highest BCUT2D eigenvalue weighted by Crippen LogP contribution is 2.25. The highest BCUT2D eigenvalue weighted by Gasteiger charge is 2.18. The van der Waals surface area contributed by atoms with E-state index in [4.69, 9.17) is 0 Å². The molecule has 0 aliphatic heterocycles. The molecule has 0 spiro atoms. The van der Waals surface area contributed by atoms with E-state index in [2.05, 4.69) is 10.6 Å². The van der Waals surface area contributed by atoms with Crippen LogP contribution in [0.15, 0.2) is 53.4 Å². The van der Waals surface area contributed by atoms with Crippen LogP contribution in [-0.2, 0) is 4.79 Å². The third-order valence-corrected chi connectivity index (χ3v) is 6.81. The summed E-state index contributed by atoms with van der Waals surface area (Å²) >= 11 is 1.34. The molecule has 1 fully saturated rings. The molecule has 1 aliphatic rings. The third-order valence-electron chi connectivity index (χ3n) is 5.73. The van der Waals surface area contributed by atoms with Gasteiger partial charge in [-0.2, -0.15) is 0 Å². The number of nitrogens with zero attached hydrogens (tertiary/aromatic N) is 1. The van der Waals surface area contributed by atoms with Crippen molar-refractivity contribution in [1.82, 2.24) is 10.6 Å². The number of carbonyl (C=O) groups is 2. The van der Waals surface area contributed by atoms with Gasteiger partial charge in [0.1, 0.15) is 0 Å². The number of rotatable bonds is 9. The van der Waals surface area contributed by atoms with Crippen LogP contribution in [0.3, 0.4) is 0 Å². The Bertz CT molecular complexity index is 960. The summed E-state index contributed by atoms with van der Waals surface area (Å²) in [5, 5.41) is 16.9. The molecule has 1 atom stereocenters. The van der Waals surface area contributed by atoms with Crippen LogP contribution in [0.25, 0.3) is 0 Å². The molecule has 1 saturated carbocycles. The first-order valence-corrected chi connectivity index (χ1v) is 12.0. The molecule has 170 valence electrons. The number of benzene rings is 2. The van der Waals surface area contributed by atoms with E-state index in [0.29, 0.717) is 17.0 Å². The Morgan fingerprint density at radius 2 is 1.88 bits per heavy atom. The zero-order chi connectivity index (χ0) is 22.9. The number of non-ortho nitro benzene ring substituents is 1. The summed E-state index contributed by atoms with van der Waals surface area (Å²) < 4.78 is 0. The van der Waals surface area contributed by atoms with Gasteiger partial charge in [-0.05, 0) is 43.4 Å². The van der Waals surface area contributed by atoms with Crippen LogP contribution in [-0.4, -0.2) is 29.0 Å². The van der Waals surface area contributed by atoms with Gasteiger partial charge in [0.2, 0.25) is 5.91 Å². The summed E-state index contributed by atoms with van der Waals surface area (Å²) in [5.41, 5.74) is 1.12. The van der Waals surface area contributed by atoms with Crippen molar-refractivity contribution in [2.75, 3.05) is 12.3 Å². The van der Waals surface area contributed by atoms with Crippen molar-refractivity contribution in [2.24, 2.45) is 5.92 Å². The minimum atomic E-state index is -0.455. The zero-order valence-corrected chi connectivity index (χ0v) is 19.0. The molecular weight excluding hydrogens is 426 g/mol. The Morgan fingerprint density at radius 1 is 1.12 bits per heavy atom. The van der Waals surface area contributed by atoms with Crippen LogP contribution in [0.4, 0.5) is 5.69 Å². The lowest BCUT2D eigenvalue weighted by molar-refractivity contribution is -0.384. The van der Waals surface area contributed by atoms with Gasteiger partial charge in [-0.1, -0.05) is 43.5 Å². The maximum absolute atomic E-state index is 12.9. The van der Waals surface area contributed by atoms with Crippen LogP contribution < -0.4 is 10.6 Å². The van der Waals surface area contributed by atoms with Crippen molar-refractivity contribution in [3.63, 3.8) is 0 Å². The van der Waals surface area contributed by atoms with Gasteiger partial charge >= 0.3 is 0 Å². The Morgan fingerprint density at radius 3 is 2.62 bits per heavy atom. The molecular formula is C24H29N3O4S. The molecule has 2 aromatic rings. The Balaban J connectivity index is 1.56. The number of nitro groups is 1. The average Bonchev–Trinajstić information content (AvgIpc) is 2.82. The van der Waals surface area contributed by atoms with Crippen molar-refractivity contribution in [2.45, 2.75) is 50.0 Å². The summed E-state index contributed by atoms with van der Waals surface area (Å²) in [5.74, 6) is 0.513. The molecule has 0 saturated heterocycles. The minimum absolute atomic E-state index is 0.0150. The topological polar surface area (TPSA) is 101 Å². The number of thioether (sulfide) groups is 1. The maximum Gasteiger partial charge on any atom is 0.269 e. The van der Waals surface area contributed by atoms with Crippen LogP contribution >= 0.6 is 11.8 Å². The second-order valence-corrected chi connectivity index (χ2v) is 9.16. The highest BCUT2D eigenvalue weighted by molar-refractivity contribution is 8.00. The monoisotopic (exact) mass is 455 g/mol. The lowest BCUT2D eigenvalue weighted by Crippen LogP contribution is -2.31. The normalized spacial score (nSPS) is 15.0. The van der Waals surface area contributed by atoms with Crippen molar-refractivity contribution in [3.05, 3.63) is 69.8 Å². The average molecular weight is 456 g/mol. The largest absolute Gasteiger partial charge is 0.355 e.